The van der Waals surface area contributed by atoms with E-state index >= 15 is 0 Å². The van der Waals surface area contributed by atoms with Gasteiger partial charge in [-0.25, -0.2) is 8.42 Å². The standard InChI is InChI=1S/C17H21N3O2S/c1-19-11-13-20(14-12-19)17-10-6-5-9-16(17)18-23(21,22)15-7-3-2-4-8-15/h2-10,18H,11-14H2,1H3. The largest absolute Gasteiger partial charge is 0.367 e. The number of anilines is 2. The molecule has 0 radical (unpaired) electrons. The number of nitrogens with one attached hydrogen (secondary N) is 1. The van der Waals surface area contributed by atoms with Gasteiger partial charge in [0.2, 0.25) is 0 Å². The SMILES string of the molecule is CN1CCN(c2ccccc2NS(=O)(=O)c2ccccc2)CC1. The van der Waals surface area contributed by atoms with Gasteiger partial charge in [0.1, 0.15) is 0 Å². The molecule has 0 spiro atoms. The number of likely N-dealkylation sites (N-methyl/N-ethyl adjacent to an activating group) is 1. The van der Waals surface area contributed by atoms with Crippen molar-refractivity contribution in [3.8, 4) is 0 Å². The van der Waals surface area contributed by atoms with E-state index in [4.69, 9.17) is 0 Å². The van der Waals surface area contributed by atoms with Crippen LogP contribution < -0.4 is 9.62 Å². The number of rotatable bonds is 4. The lowest BCUT2D eigenvalue weighted by Crippen LogP contribution is -2.44. The molecule has 0 aliphatic carbocycles. The van der Waals surface area contributed by atoms with Gasteiger partial charge >= 0.3 is 0 Å². The average Bonchev–Trinajstić information content (AvgIpc) is 2.57. The first-order valence-electron chi connectivity index (χ1n) is 7.67. The molecule has 1 heterocycles. The minimum Gasteiger partial charge on any atom is -0.367 e. The predicted molar refractivity (Wildman–Crippen MR) is 93.4 cm³/mol. The Morgan fingerprint density at radius 3 is 2.17 bits per heavy atom. The van der Waals surface area contributed by atoms with Gasteiger partial charge in [-0.2, -0.15) is 0 Å². The van der Waals surface area contributed by atoms with Gasteiger partial charge in [0.25, 0.3) is 10.0 Å². The fraction of sp³-hybridized carbons (Fsp3) is 0.294. The zero-order valence-corrected chi connectivity index (χ0v) is 14.0. The highest BCUT2D eigenvalue weighted by Crippen LogP contribution is 2.28. The molecule has 0 saturated carbocycles. The molecule has 1 fully saturated rings. The Labute approximate surface area is 137 Å². The van der Waals surface area contributed by atoms with Crippen LogP contribution in [0.25, 0.3) is 0 Å². The zero-order chi connectivity index (χ0) is 16.3. The van der Waals surface area contributed by atoms with Crippen molar-refractivity contribution in [1.29, 1.82) is 0 Å². The number of piperazine rings is 1. The summed E-state index contributed by atoms with van der Waals surface area (Å²) < 4.78 is 27.8. The molecule has 2 aromatic carbocycles. The first kappa shape index (κ1) is 15.8. The molecule has 0 amide bonds. The molecule has 1 saturated heterocycles. The van der Waals surface area contributed by atoms with Crippen molar-refractivity contribution < 1.29 is 8.42 Å². The molecule has 0 bridgehead atoms. The van der Waals surface area contributed by atoms with Gasteiger partial charge in [-0.1, -0.05) is 30.3 Å². The Balaban J connectivity index is 1.86. The van der Waals surface area contributed by atoms with Crippen molar-refractivity contribution in [2.45, 2.75) is 4.90 Å². The molecule has 6 heteroatoms. The van der Waals surface area contributed by atoms with Gasteiger partial charge in [0, 0.05) is 26.2 Å². The molecule has 1 N–H and O–H groups in total. The third-order valence-corrected chi connectivity index (χ3v) is 5.43. The van der Waals surface area contributed by atoms with Crippen LogP contribution in [-0.2, 0) is 10.0 Å². The highest BCUT2D eigenvalue weighted by Gasteiger charge is 2.20. The van der Waals surface area contributed by atoms with Crippen molar-refractivity contribution in [2.24, 2.45) is 0 Å². The van der Waals surface area contributed by atoms with E-state index in [-0.39, 0.29) is 4.90 Å². The number of nitrogens with zero attached hydrogens (tertiary/aromatic N) is 2. The van der Waals surface area contributed by atoms with Gasteiger partial charge in [0.05, 0.1) is 16.3 Å². The third kappa shape index (κ3) is 3.65. The van der Waals surface area contributed by atoms with E-state index < -0.39 is 10.0 Å². The van der Waals surface area contributed by atoms with Crippen molar-refractivity contribution in [1.82, 2.24) is 4.90 Å². The van der Waals surface area contributed by atoms with E-state index in [1.165, 1.54) is 0 Å². The first-order chi connectivity index (χ1) is 11.1. The molecule has 122 valence electrons. The fourth-order valence-corrected chi connectivity index (χ4v) is 3.78. The van der Waals surface area contributed by atoms with Crippen LogP contribution in [0.4, 0.5) is 11.4 Å². The highest BCUT2D eigenvalue weighted by molar-refractivity contribution is 7.92. The molecule has 23 heavy (non-hydrogen) atoms. The molecule has 0 unspecified atom stereocenters. The van der Waals surface area contributed by atoms with Crippen LogP contribution in [0.15, 0.2) is 59.5 Å². The maximum atomic E-state index is 12.6. The summed E-state index contributed by atoms with van der Waals surface area (Å²) in [5.41, 5.74) is 1.56. The summed E-state index contributed by atoms with van der Waals surface area (Å²) in [5, 5.41) is 0. The van der Waals surface area contributed by atoms with E-state index in [0.717, 1.165) is 31.9 Å². The van der Waals surface area contributed by atoms with E-state index in [1.807, 2.05) is 24.3 Å². The lowest BCUT2D eigenvalue weighted by molar-refractivity contribution is 0.313. The minimum atomic E-state index is -3.57. The Bertz CT molecular complexity index is 754. The second-order valence-corrected chi connectivity index (χ2v) is 7.41. The molecule has 0 aromatic heterocycles. The van der Waals surface area contributed by atoms with Crippen molar-refractivity contribution in [3.05, 3.63) is 54.6 Å². The molecule has 2 aromatic rings. The third-order valence-electron chi connectivity index (χ3n) is 4.05. The summed E-state index contributed by atoms with van der Waals surface area (Å²) in [6.45, 7) is 3.72. The monoisotopic (exact) mass is 331 g/mol. The van der Waals surface area contributed by atoms with Crippen LogP contribution >= 0.6 is 0 Å². The summed E-state index contributed by atoms with van der Waals surface area (Å²) in [7, 11) is -1.47. The van der Waals surface area contributed by atoms with Crippen molar-refractivity contribution in [2.75, 3.05) is 42.8 Å². The smallest absolute Gasteiger partial charge is 0.261 e. The summed E-state index contributed by atoms with van der Waals surface area (Å²) in [4.78, 5) is 4.77. The van der Waals surface area contributed by atoms with Crippen molar-refractivity contribution >= 4 is 21.4 Å². The van der Waals surface area contributed by atoms with Crippen LogP contribution in [0.3, 0.4) is 0 Å². The summed E-state index contributed by atoms with van der Waals surface area (Å²) in [5.74, 6) is 0. The predicted octanol–water partition coefficient (Wildman–Crippen LogP) is 2.24. The average molecular weight is 331 g/mol. The van der Waals surface area contributed by atoms with Crippen molar-refractivity contribution in [3.63, 3.8) is 0 Å². The summed E-state index contributed by atoms with van der Waals surface area (Å²) >= 11 is 0. The number of para-hydroxylation sites is 2. The van der Waals surface area contributed by atoms with Crippen LogP contribution in [-0.4, -0.2) is 46.5 Å². The van der Waals surface area contributed by atoms with E-state index in [0.29, 0.717) is 5.69 Å². The Kier molecular flexibility index (Phi) is 4.54. The maximum absolute atomic E-state index is 12.6. The minimum absolute atomic E-state index is 0.271. The van der Waals surface area contributed by atoms with Gasteiger partial charge in [-0.05, 0) is 31.3 Å². The van der Waals surface area contributed by atoms with Crippen LogP contribution in [0.5, 0.6) is 0 Å². The molecule has 5 nitrogen and oxygen atoms in total. The fourth-order valence-electron chi connectivity index (χ4n) is 2.69. The molecular formula is C17H21N3O2S. The topological polar surface area (TPSA) is 52.6 Å². The zero-order valence-electron chi connectivity index (χ0n) is 13.1. The maximum Gasteiger partial charge on any atom is 0.261 e. The Morgan fingerprint density at radius 2 is 1.48 bits per heavy atom. The van der Waals surface area contributed by atoms with Gasteiger partial charge < -0.3 is 9.80 Å². The Morgan fingerprint density at radius 1 is 0.870 bits per heavy atom. The van der Waals surface area contributed by atoms with Crippen LogP contribution in [0.2, 0.25) is 0 Å². The van der Waals surface area contributed by atoms with E-state index in [2.05, 4.69) is 21.6 Å². The van der Waals surface area contributed by atoms with Crippen LogP contribution in [0.1, 0.15) is 0 Å². The molecule has 0 atom stereocenters. The number of hydrogen-bond acceptors (Lipinski definition) is 4. The molecule has 1 aliphatic rings. The molecular weight excluding hydrogens is 310 g/mol. The normalized spacial score (nSPS) is 16.3. The first-order valence-corrected chi connectivity index (χ1v) is 9.15. The van der Waals surface area contributed by atoms with E-state index in [1.54, 1.807) is 30.3 Å². The second kappa shape index (κ2) is 6.60. The number of benzene rings is 2. The van der Waals surface area contributed by atoms with Gasteiger partial charge in [-0.3, -0.25) is 4.72 Å². The summed E-state index contributed by atoms with van der Waals surface area (Å²) in [6.07, 6.45) is 0. The van der Waals surface area contributed by atoms with Gasteiger partial charge in [0.15, 0.2) is 0 Å². The second-order valence-electron chi connectivity index (χ2n) is 5.73. The number of sulfonamides is 1. The Hall–Kier alpha value is -2.05. The van der Waals surface area contributed by atoms with Crippen LogP contribution in [0, 0.1) is 0 Å². The molecule has 1 aliphatic heterocycles. The van der Waals surface area contributed by atoms with E-state index in [9.17, 15) is 8.42 Å². The summed E-state index contributed by atoms with van der Waals surface area (Å²) in [6, 6.07) is 16.0. The molecule has 3 rings (SSSR count). The lowest BCUT2D eigenvalue weighted by atomic mass is 10.2. The highest BCUT2D eigenvalue weighted by atomic mass is 32.2. The van der Waals surface area contributed by atoms with Gasteiger partial charge in [-0.15, -0.1) is 0 Å². The lowest BCUT2D eigenvalue weighted by Gasteiger charge is -2.35. The number of hydrogen-bond donors (Lipinski definition) is 1. The quantitative estimate of drug-likeness (QED) is 0.933.